The predicted octanol–water partition coefficient (Wildman–Crippen LogP) is 7.42. The van der Waals surface area contributed by atoms with E-state index in [4.69, 9.17) is 24.8 Å². The van der Waals surface area contributed by atoms with Crippen LogP contribution in [0.1, 0.15) is 65.7 Å². The number of fused-ring (bicyclic) bond motifs is 1. The molecule has 0 bridgehead atoms. The smallest absolute Gasteiger partial charge is 0.329 e. The number of imidazole rings is 1. The molecule has 0 saturated carbocycles. The van der Waals surface area contributed by atoms with Gasteiger partial charge >= 0.3 is 11.9 Å². The van der Waals surface area contributed by atoms with Crippen molar-refractivity contribution in [3.63, 3.8) is 0 Å². The van der Waals surface area contributed by atoms with Gasteiger partial charge in [-0.05, 0) is 50.2 Å². The van der Waals surface area contributed by atoms with Crippen molar-refractivity contribution >= 4 is 17.8 Å². The number of aromatic nitrogens is 6. The summed E-state index contributed by atoms with van der Waals surface area (Å²) in [6.45, 7) is 2.74. The summed E-state index contributed by atoms with van der Waals surface area (Å²) >= 11 is 0. The van der Waals surface area contributed by atoms with Crippen LogP contribution in [0.4, 0.5) is 0 Å². The Morgan fingerprint density at radius 2 is 1.33 bits per heavy atom. The quantitative estimate of drug-likeness (QED) is 0.0625. The monoisotopic (exact) mass is 813 g/mol. The molecule has 1 aliphatic heterocycles. The van der Waals surface area contributed by atoms with Crippen molar-refractivity contribution in [3.05, 3.63) is 179 Å². The molecule has 61 heavy (non-hydrogen) atoms. The zero-order valence-corrected chi connectivity index (χ0v) is 34.5. The molecule has 0 N–H and O–H groups in total. The number of carbonyl (C=O) groups is 3. The topological polar surface area (TPSA) is 134 Å². The lowest BCUT2D eigenvalue weighted by atomic mass is 9.77. The van der Waals surface area contributed by atoms with Crippen molar-refractivity contribution in [2.75, 3.05) is 14.2 Å². The van der Waals surface area contributed by atoms with E-state index in [0.717, 1.165) is 75.4 Å². The first kappa shape index (κ1) is 40.6. The average Bonchev–Trinajstić information content (AvgIpc) is 3.94. The second kappa shape index (κ2) is 18.0. The van der Waals surface area contributed by atoms with E-state index in [1.54, 1.807) is 0 Å². The van der Waals surface area contributed by atoms with Gasteiger partial charge in [0.25, 0.3) is 0 Å². The Hall–Kier alpha value is -7.21. The SMILES string of the molecule is CCCCc1nc2c(n1Cc1ccc(-c3ccccc3-c3nnnn3C(c3ccccc3)(c3ccccc3)c3ccccc3)cc1)CN(C(=O)CC(=O)OC)C(C(=O)OC)C2. The Morgan fingerprint density at radius 1 is 0.738 bits per heavy atom. The molecule has 2 aromatic heterocycles. The fourth-order valence-corrected chi connectivity index (χ4v) is 8.50. The minimum Gasteiger partial charge on any atom is -0.469 e. The van der Waals surface area contributed by atoms with E-state index in [2.05, 4.69) is 89.5 Å². The second-order valence-corrected chi connectivity index (χ2v) is 15.1. The highest BCUT2D eigenvalue weighted by molar-refractivity contribution is 5.96. The number of tetrazole rings is 1. The molecule has 0 fully saturated rings. The van der Waals surface area contributed by atoms with Crippen molar-refractivity contribution in [3.8, 4) is 22.5 Å². The number of unbranched alkanes of at least 4 members (excludes halogenated alkanes) is 1. The maximum Gasteiger partial charge on any atom is 0.329 e. The normalized spacial score (nSPS) is 13.7. The summed E-state index contributed by atoms with van der Waals surface area (Å²) in [6.07, 6.45) is 2.36. The number of carbonyl (C=O) groups excluding carboxylic acids is 3. The van der Waals surface area contributed by atoms with Gasteiger partial charge in [0.15, 0.2) is 5.82 Å². The zero-order valence-electron chi connectivity index (χ0n) is 34.5. The van der Waals surface area contributed by atoms with E-state index in [1.165, 1.54) is 19.1 Å². The maximum absolute atomic E-state index is 13.4. The number of aryl methyl sites for hydroxylation is 1. The Bertz CT molecular complexity index is 2530. The number of benzene rings is 5. The van der Waals surface area contributed by atoms with Gasteiger partial charge < -0.3 is 18.9 Å². The molecule has 0 aliphatic carbocycles. The standard InChI is InChI=1S/C49H47N7O5/c1-4-5-25-44-50-41-30-42(48(59)61-3)55(45(57)31-46(58)60-2)33-43(41)54(44)32-34-26-28-35(29-27-34)39-23-15-16-24-40(39)47-51-52-53-56(47)49(36-17-9-6-10-18-36,37-19-11-7-12-20-37)38-21-13-8-14-22-38/h6-24,26-29,42H,4-5,25,30-33H2,1-3H3. The summed E-state index contributed by atoms with van der Waals surface area (Å²) in [5, 5.41) is 13.8. The molecule has 1 amide bonds. The van der Waals surface area contributed by atoms with Gasteiger partial charge in [0.1, 0.15) is 23.8 Å². The molecule has 1 atom stereocenters. The predicted molar refractivity (Wildman–Crippen MR) is 230 cm³/mol. The van der Waals surface area contributed by atoms with Crippen LogP contribution in [0.5, 0.6) is 0 Å². The summed E-state index contributed by atoms with van der Waals surface area (Å²) in [5.74, 6) is -0.226. The molecule has 308 valence electrons. The summed E-state index contributed by atoms with van der Waals surface area (Å²) in [6, 6.07) is 46.7. The molecule has 7 aromatic rings. The number of amides is 1. The lowest BCUT2D eigenvalue weighted by molar-refractivity contribution is -0.157. The van der Waals surface area contributed by atoms with Crippen LogP contribution in [0.15, 0.2) is 140 Å². The minimum atomic E-state index is -0.907. The number of ether oxygens (including phenoxy) is 2. The summed E-state index contributed by atoms with van der Waals surface area (Å²) < 4.78 is 14.0. The highest BCUT2D eigenvalue weighted by Crippen LogP contribution is 2.43. The third kappa shape index (κ3) is 7.84. The van der Waals surface area contributed by atoms with Gasteiger partial charge in [-0.2, -0.15) is 0 Å². The van der Waals surface area contributed by atoms with Crippen LogP contribution in [0.25, 0.3) is 22.5 Å². The van der Waals surface area contributed by atoms with Crippen LogP contribution in [-0.4, -0.2) is 72.8 Å². The van der Waals surface area contributed by atoms with Crippen LogP contribution < -0.4 is 0 Å². The van der Waals surface area contributed by atoms with Crippen molar-refractivity contribution in [2.45, 2.75) is 63.7 Å². The molecule has 8 rings (SSSR count). The largest absolute Gasteiger partial charge is 0.469 e. The van der Waals surface area contributed by atoms with Gasteiger partial charge in [-0.1, -0.05) is 153 Å². The van der Waals surface area contributed by atoms with E-state index < -0.39 is 35.8 Å². The number of hydrogen-bond donors (Lipinski definition) is 0. The molecule has 0 spiro atoms. The van der Waals surface area contributed by atoms with E-state index in [-0.39, 0.29) is 13.0 Å². The van der Waals surface area contributed by atoms with Crippen LogP contribution >= 0.6 is 0 Å². The van der Waals surface area contributed by atoms with E-state index in [1.807, 2.05) is 71.4 Å². The van der Waals surface area contributed by atoms with Gasteiger partial charge in [-0.15, -0.1) is 5.10 Å². The fraction of sp³-hybridized carbons (Fsp3) is 0.245. The summed E-state index contributed by atoms with van der Waals surface area (Å²) in [4.78, 5) is 44.9. The zero-order chi connectivity index (χ0) is 42.3. The third-order valence-electron chi connectivity index (χ3n) is 11.5. The number of methoxy groups -OCH3 is 2. The first-order valence-corrected chi connectivity index (χ1v) is 20.5. The molecule has 1 unspecified atom stereocenters. The molecule has 0 saturated heterocycles. The van der Waals surface area contributed by atoms with Crippen LogP contribution in [0.2, 0.25) is 0 Å². The van der Waals surface area contributed by atoms with E-state index in [9.17, 15) is 14.4 Å². The van der Waals surface area contributed by atoms with E-state index >= 15 is 0 Å². The average molecular weight is 814 g/mol. The van der Waals surface area contributed by atoms with Crippen molar-refractivity contribution in [2.24, 2.45) is 0 Å². The third-order valence-corrected chi connectivity index (χ3v) is 11.5. The van der Waals surface area contributed by atoms with Gasteiger partial charge in [-0.3, -0.25) is 9.59 Å². The lowest BCUT2D eigenvalue weighted by Crippen LogP contribution is -2.50. The minimum absolute atomic E-state index is 0.112. The van der Waals surface area contributed by atoms with Crippen molar-refractivity contribution < 1.29 is 23.9 Å². The Morgan fingerprint density at radius 3 is 1.90 bits per heavy atom. The lowest BCUT2D eigenvalue weighted by Gasteiger charge is -2.36. The van der Waals surface area contributed by atoms with Crippen molar-refractivity contribution in [1.82, 2.24) is 34.7 Å². The first-order chi connectivity index (χ1) is 29.9. The molecule has 5 aromatic carbocycles. The molecular weight excluding hydrogens is 767 g/mol. The summed E-state index contributed by atoms with van der Waals surface area (Å²) in [5.41, 5.74) is 7.57. The first-order valence-electron chi connectivity index (χ1n) is 20.5. The fourth-order valence-electron chi connectivity index (χ4n) is 8.50. The maximum atomic E-state index is 13.4. The molecule has 12 nitrogen and oxygen atoms in total. The molecule has 3 heterocycles. The number of hydrogen-bond acceptors (Lipinski definition) is 9. The highest BCUT2D eigenvalue weighted by atomic mass is 16.5. The Kier molecular flexibility index (Phi) is 11.9. The van der Waals surface area contributed by atoms with Gasteiger partial charge in [0.05, 0.1) is 32.2 Å². The van der Waals surface area contributed by atoms with Gasteiger partial charge in [-0.25, -0.2) is 14.5 Å². The Balaban J connectivity index is 1.17. The van der Waals surface area contributed by atoms with Crippen molar-refractivity contribution in [1.29, 1.82) is 0 Å². The number of nitrogens with zero attached hydrogens (tertiary/aromatic N) is 7. The molecule has 0 radical (unpaired) electrons. The highest BCUT2D eigenvalue weighted by Gasteiger charge is 2.42. The molecule has 12 heteroatoms. The van der Waals surface area contributed by atoms with E-state index in [0.29, 0.717) is 12.4 Å². The van der Waals surface area contributed by atoms with Crippen LogP contribution in [0, 0.1) is 0 Å². The summed E-state index contributed by atoms with van der Waals surface area (Å²) in [7, 11) is 2.53. The second-order valence-electron chi connectivity index (χ2n) is 15.1. The molecule has 1 aliphatic rings. The van der Waals surface area contributed by atoms with Crippen LogP contribution in [0.3, 0.4) is 0 Å². The number of rotatable bonds is 14. The van der Waals surface area contributed by atoms with Gasteiger partial charge in [0, 0.05) is 24.9 Å². The van der Waals surface area contributed by atoms with Gasteiger partial charge in [0.2, 0.25) is 5.91 Å². The molecular formula is C49H47N7O5. The van der Waals surface area contributed by atoms with Crippen LogP contribution in [-0.2, 0) is 55.3 Å². The Labute approximate surface area is 354 Å². The number of esters is 2.